The quantitative estimate of drug-likeness (QED) is 0.661. The molecule has 0 amide bonds. The molecule has 0 heterocycles. The summed E-state index contributed by atoms with van der Waals surface area (Å²) in [6, 6.07) is 9.28. The lowest BCUT2D eigenvalue weighted by molar-refractivity contribution is 0.112. The van der Waals surface area contributed by atoms with Gasteiger partial charge in [-0.05, 0) is 55.2 Å². The number of hydrogen-bond donors (Lipinski definition) is 0. The Morgan fingerprint density at radius 2 is 1.83 bits per heavy atom. The summed E-state index contributed by atoms with van der Waals surface area (Å²) in [6.07, 6.45) is 0.762. The van der Waals surface area contributed by atoms with E-state index in [-0.39, 0.29) is 0 Å². The highest BCUT2D eigenvalue weighted by Crippen LogP contribution is 2.41. The third-order valence-electron chi connectivity index (χ3n) is 3.78. The monoisotopic (exact) mass is 328 g/mol. The number of aryl methyl sites for hydroxylation is 1. The summed E-state index contributed by atoms with van der Waals surface area (Å²) in [6.45, 7) is 8.74. The van der Waals surface area contributed by atoms with Crippen molar-refractivity contribution >= 4 is 6.29 Å². The maximum absolute atomic E-state index is 11.2. The summed E-state index contributed by atoms with van der Waals surface area (Å²) in [5.74, 6) is 2.60. The molecule has 0 atom stereocenters. The van der Waals surface area contributed by atoms with Gasteiger partial charge in [0.15, 0.2) is 11.5 Å². The number of ether oxygens (including phenoxy) is 3. The molecular formula is C20H24O4. The van der Waals surface area contributed by atoms with E-state index in [0.717, 1.165) is 6.29 Å². The minimum atomic E-state index is 0.455. The average molecular weight is 328 g/mol. The Labute approximate surface area is 143 Å². The van der Waals surface area contributed by atoms with Crippen LogP contribution >= 0.6 is 0 Å². The van der Waals surface area contributed by atoms with Crippen molar-refractivity contribution in [1.82, 2.24) is 0 Å². The summed E-state index contributed by atoms with van der Waals surface area (Å²) in [4.78, 5) is 11.2. The SMILES string of the molecule is CCOc1c(OC)cc(C=O)cc1Oc1ccc(C(C)C)c(C)c1. The molecule has 0 N–H and O–H groups in total. The molecule has 0 aromatic heterocycles. The Bertz CT molecular complexity index is 720. The molecule has 0 aliphatic rings. The van der Waals surface area contributed by atoms with Crippen molar-refractivity contribution in [1.29, 1.82) is 0 Å². The molecule has 0 aliphatic carbocycles. The Balaban J connectivity index is 2.44. The highest BCUT2D eigenvalue weighted by Gasteiger charge is 2.16. The average Bonchev–Trinajstić information content (AvgIpc) is 2.56. The van der Waals surface area contributed by atoms with Gasteiger partial charge in [0, 0.05) is 5.56 Å². The lowest BCUT2D eigenvalue weighted by Gasteiger charge is -2.17. The largest absolute Gasteiger partial charge is 0.493 e. The fraction of sp³-hybridized carbons (Fsp3) is 0.350. The summed E-state index contributed by atoms with van der Waals surface area (Å²) in [5.41, 5.74) is 2.92. The van der Waals surface area contributed by atoms with Crippen molar-refractivity contribution in [2.24, 2.45) is 0 Å². The first kappa shape index (κ1) is 17.9. The third kappa shape index (κ3) is 3.88. The van der Waals surface area contributed by atoms with Crippen molar-refractivity contribution in [3.8, 4) is 23.0 Å². The zero-order chi connectivity index (χ0) is 17.7. The molecule has 0 aliphatic heterocycles. The number of aldehydes is 1. The van der Waals surface area contributed by atoms with Gasteiger partial charge in [-0.1, -0.05) is 19.9 Å². The van der Waals surface area contributed by atoms with E-state index in [1.165, 1.54) is 18.2 Å². The Hall–Kier alpha value is -2.49. The van der Waals surface area contributed by atoms with Crippen LogP contribution in [0.15, 0.2) is 30.3 Å². The third-order valence-corrected chi connectivity index (χ3v) is 3.78. The summed E-state index contributed by atoms with van der Waals surface area (Å²) >= 11 is 0. The van der Waals surface area contributed by atoms with Gasteiger partial charge in [-0.3, -0.25) is 4.79 Å². The van der Waals surface area contributed by atoms with Crippen LogP contribution in [-0.2, 0) is 0 Å². The second-order valence-corrected chi connectivity index (χ2v) is 5.88. The van der Waals surface area contributed by atoms with Crippen LogP contribution in [-0.4, -0.2) is 20.0 Å². The maximum atomic E-state index is 11.2. The predicted octanol–water partition coefficient (Wildman–Crippen LogP) is 5.13. The number of rotatable bonds is 7. The molecule has 0 radical (unpaired) electrons. The lowest BCUT2D eigenvalue weighted by atomic mass is 9.98. The van der Waals surface area contributed by atoms with Gasteiger partial charge in [0.1, 0.15) is 12.0 Å². The first-order valence-corrected chi connectivity index (χ1v) is 8.08. The minimum absolute atomic E-state index is 0.455. The molecule has 0 unspecified atom stereocenters. The van der Waals surface area contributed by atoms with Crippen LogP contribution in [0.5, 0.6) is 23.0 Å². The molecule has 0 fully saturated rings. The number of benzene rings is 2. The Morgan fingerprint density at radius 1 is 1.12 bits per heavy atom. The normalized spacial score (nSPS) is 10.6. The van der Waals surface area contributed by atoms with Gasteiger partial charge in [0.2, 0.25) is 5.75 Å². The fourth-order valence-electron chi connectivity index (χ4n) is 2.67. The van der Waals surface area contributed by atoms with E-state index in [1.807, 2.05) is 19.1 Å². The second-order valence-electron chi connectivity index (χ2n) is 5.88. The molecule has 2 aromatic rings. The zero-order valence-corrected chi connectivity index (χ0v) is 14.9. The molecule has 24 heavy (non-hydrogen) atoms. The fourth-order valence-corrected chi connectivity index (χ4v) is 2.67. The molecule has 0 spiro atoms. The zero-order valence-electron chi connectivity index (χ0n) is 14.9. The summed E-state index contributed by atoms with van der Waals surface area (Å²) in [5, 5.41) is 0. The van der Waals surface area contributed by atoms with Gasteiger partial charge < -0.3 is 14.2 Å². The van der Waals surface area contributed by atoms with Crippen LogP contribution in [0, 0.1) is 6.92 Å². The van der Waals surface area contributed by atoms with E-state index in [4.69, 9.17) is 14.2 Å². The van der Waals surface area contributed by atoms with E-state index in [0.29, 0.717) is 41.1 Å². The smallest absolute Gasteiger partial charge is 0.204 e. The molecule has 0 bridgehead atoms. The molecule has 128 valence electrons. The van der Waals surface area contributed by atoms with Crippen molar-refractivity contribution < 1.29 is 19.0 Å². The van der Waals surface area contributed by atoms with Gasteiger partial charge in [-0.2, -0.15) is 0 Å². The van der Waals surface area contributed by atoms with Crippen molar-refractivity contribution in [3.05, 3.63) is 47.0 Å². The summed E-state index contributed by atoms with van der Waals surface area (Å²) < 4.78 is 17.0. The Morgan fingerprint density at radius 3 is 2.38 bits per heavy atom. The Kier molecular flexibility index (Phi) is 5.85. The van der Waals surface area contributed by atoms with Crippen LogP contribution < -0.4 is 14.2 Å². The molecule has 4 heteroatoms. The first-order valence-electron chi connectivity index (χ1n) is 8.08. The van der Waals surface area contributed by atoms with Gasteiger partial charge in [0.25, 0.3) is 0 Å². The van der Waals surface area contributed by atoms with E-state index < -0.39 is 0 Å². The van der Waals surface area contributed by atoms with Gasteiger partial charge >= 0.3 is 0 Å². The number of methoxy groups -OCH3 is 1. The van der Waals surface area contributed by atoms with E-state index in [9.17, 15) is 4.79 Å². The summed E-state index contributed by atoms with van der Waals surface area (Å²) in [7, 11) is 1.54. The maximum Gasteiger partial charge on any atom is 0.204 e. The van der Waals surface area contributed by atoms with Crippen LogP contribution in [0.3, 0.4) is 0 Å². The number of hydrogen-bond acceptors (Lipinski definition) is 4. The van der Waals surface area contributed by atoms with Crippen molar-refractivity contribution in [3.63, 3.8) is 0 Å². The number of carbonyl (C=O) groups is 1. The van der Waals surface area contributed by atoms with Crippen LogP contribution in [0.2, 0.25) is 0 Å². The van der Waals surface area contributed by atoms with Crippen molar-refractivity contribution in [2.45, 2.75) is 33.6 Å². The number of carbonyl (C=O) groups excluding carboxylic acids is 1. The molecule has 4 nitrogen and oxygen atoms in total. The van der Waals surface area contributed by atoms with E-state index in [2.05, 4.69) is 26.8 Å². The van der Waals surface area contributed by atoms with Gasteiger partial charge in [0.05, 0.1) is 13.7 Å². The predicted molar refractivity (Wildman–Crippen MR) is 94.9 cm³/mol. The van der Waals surface area contributed by atoms with E-state index >= 15 is 0 Å². The minimum Gasteiger partial charge on any atom is -0.493 e. The highest BCUT2D eigenvalue weighted by molar-refractivity contribution is 5.78. The molecule has 2 rings (SSSR count). The van der Waals surface area contributed by atoms with Crippen molar-refractivity contribution in [2.75, 3.05) is 13.7 Å². The lowest BCUT2D eigenvalue weighted by Crippen LogP contribution is -2.00. The molecule has 0 saturated heterocycles. The highest BCUT2D eigenvalue weighted by atomic mass is 16.5. The van der Waals surface area contributed by atoms with Crippen LogP contribution in [0.1, 0.15) is 48.2 Å². The topological polar surface area (TPSA) is 44.8 Å². The van der Waals surface area contributed by atoms with Crippen LogP contribution in [0.25, 0.3) is 0 Å². The second kappa shape index (κ2) is 7.86. The molecule has 0 saturated carbocycles. The van der Waals surface area contributed by atoms with Gasteiger partial charge in [-0.15, -0.1) is 0 Å². The van der Waals surface area contributed by atoms with Crippen LogP contribution in [0.4, 0.5) is 0 Å². The standard InChI is InChI=1S/C20H24O4/c1-6-23-20-18(22-5)10-15(12-21)11-19(20)24-16-7-8-17(13(2)3)14(4)9-16/h7-13H,6H2,1-5H3. The first-order chi connectivity index (χ1) is 11.5. The van der Waals surface area contributed by atoms with Gasteiger partial charge in [-0.25, -0.2) is 0 Å². The van der Waals surface area contributed by atoms with E-state index in [1.54, 1.807) is 12.1 Å². The molecule has 2 aromatic carbocycles. The molecular weight excluding hydrogens is 304 g/mol.